The van der Waals surface area contributed by atoms with Gasteiger partial charge in [-0.3, -0.25) is 9.69 Å². The molecule has 0 bridgehead atoms. The van der Waals surface area contributed by atoms with E-state index in [1.54, 1.807) is 0 Å². The number of ether oxygens (including phenoxy) is 1. The Morgan fingerprint density at radius 1 is 1.33 bits per heavy atom. The number of aliphatic carboxylic acids is 1. The van der Waals surface area contributed by atoms with Gasteiger partial charge in [0.25, 0.3) is 0 Å². The van der Waals surface area contributed by atoms with Crippen LogP contribution in [0.1, 0.15) is 52.9 Å². The average Bonchev–Trinajstić information content (AvgIpc) is 2.94. The van der Waals surface area contributed by atoms with E-state index in [4.69, 9.17) is 4.74 Å². The quantitative estimate of drug-likeness (QED) is 0.819. The Labute approximate surface area is 128 Å². The third-order valence-electron chi connectivity index (χ3n) is 5.37. The SMILES string of the molecule is CCCN(C1CCCC(C(C)C)C1)C1COCC1C(=O)O. The summed E-state index contributed by atoms with van der Waals surface area (Å²) in [5.74, 6) is 0.464. The minimum Gasteiger partial charge on any atom is -0.481 e. The molecule has 1 heterocycles. The molecule has 1 aliphatic carbocycles. The van der Waals surface area contributed by atoms with Crippen molar-refractivity contribution in [2.24, 2.45) is 17.8 Å². The molecule has 1 N–H and O–H groups in total. The Morgan fingerprint density at radius 2 is 2.10 bits per heavy atom. The zero-order valence-corrected chi connectivity index (χ0v) is 13.8. The Hall–Kier alpha value is -0.610. The standard InChI is InChI=1S/C17H31NO3/c1-4-8-18(16-11-21-10-15(16)17(19)20)14-7-5-6-13(9-14)12(2)3/h12-16H,4-11H2,1-3H3,(H,19,20). The molecule has 4 nitrogen and oxygen atoms in total. The lowest BCUT2D eigenvalue weighted by molar-refractivity contribution is -0.143. The highest BCUT2D eigenvalue weighted by molar-refractivity contribution is 5.71. The van der Waals surface area contributed by atoms with Gasteiger partial charge in [0.1, 0.15) is 0 Å². The van der Waals surface area contributed by atoms with Crippen LogP contribution in [0.3, 0.4) is 0 Å². The summed E-state index contributed by atoms with van der Waals surface area (Å²) in [5, 5.41) is 9.43. The molecule has 4 atom stereocenters. The number of hydrogen-bond donors (Lipinski definition) is 1. The summed E-state index contributed by atoms with van der Waals surface area (Å²) in [6.07, 6.45) is 6.12. The summed E-state index contributed by atoms with van der Waals surface area (Å²) in [6, 6.07) is 0.609. The second-order valence-electron chi connectivity index (χ2n) is 7.11. The molecule has 122 valence electrons. The molecule has 0 amide bonds. The molecule has 2 rings (SSSR count). The predicted molar refractivity (Wildman–Crippen MR) is 83.3 cm³/mol. The van der Waals surface area contributed by atoms with Gasteiger partial charge >= 0.3 is 5.97 Å². The van der Waals surface area contributed by atoms with E-state index in [9.17, 15) is 9.90 Å². The lowest BCUT2D eigenvalue weighted by Crippen LogP contribution is -2.50. The van der Waals surface area contributed by atoms with E-state index in [1.165, 1.54) is 25.7 Å². The first-order valence-electron chi connectivity index (χ1n) is 8.60. The van der Waals surface area contributed by atoms with E-state index in [-0.39, 0.29) is 12.0 Å². The number of carboxylic acids is 1. The second-order valence-corrected chi connectivity index (χ2v) is 7.11. The molecule has 4 unspecified atom stereocenters. The third-order valence-corrected chi connectivity index (χ3v) is 5.37. The van der Waals surface area contributed by atoms with Gasteiger partial charge in [0.05, 0.1) is 19.1 Å². The van der Waals surface area contributed by atoms with Gasteiger partial charge in [0.2, 0.25) is 0 Å². The van der Waals surface area contributed by atoms with Gasteiger partial charge in [-0.25, -0.2) is 0 Å². The number of carbonyl (C=O) groups is 1. The highest BCUT2D eigenvalue weighted by atomic mass is 16.5. The fourth-order valence-corrected chi connectivity index (χ4v) is 4.09. The maximum absolute atomic E-state index is 11.5. The van der Waals surface area contributed by atoms with Crippen LogP contribution in [0.15, 0.2) is 0 Å². The molecule has 0 aromatic heterocycles. The maximum Gasteiger partial charge on any atom is 0.310 e. The summed E-state index contributed by atoms with van der Waals surface area (Å²) in [4.78, 5) is 13.9. The molecule has 1 saturated carbocycles. The Kier molecular flexibility index (Phi) is 6.06. The van der Waals surface area contributed by atoms with Gasteiger partial charge in [0.15, 0.2) is 0 Å². The van der Waals surface area contributed by atoms with Gasteiger partial charge < -0.3 is 9.84 Å². The first kappa shape index (κ1) is 16.8. The highest BCUT2D eigenvalue weighted by Crippen LogP contribution is 2.35. The number of rotatable bonds is 6. The van der Waals surface area contributed by atoms with E-state index < -0.39 is 5.97 Å². The van der Waals surface area contributed by atoms with Crippen LogP contribution in [-0.2, 0) is 9.53 Å². The van der Waals surface area contributed by atoms with Crippen molar-refractivity contribution in [3.8, 4) is 0 Å². The Morgan fingerprint density at radius 3 is 2.71 bits per heavy atom. The zero-order chi connectivity index (χ0) is 15.4. The first-order valence-corrected chi connectivity index (χ1v) is 8.60. The molecule has 2 fully saturated rings. The molecule has 0 radical (unpaired) electrons. The normalized spacial score (nSPS) is 33.8. The maximum atomic E-state index is 11.5. The van der Waals surface area contributed by atoms with Crippen LogP contribution in [0.4, 0.5) is 0 Å². The minimum atomic E-state index is -0.699. The molecular weight excluding hydrogens is 266 g/mol. The summed E-state index contributed by atoms with van der Waals surface area (Å²) in [7, 11) is 0. The highest BCUT2D eigenvalue weighted by Gasteiger charge is 2.41. The van der Waals surface area contributed by atoms with Crippen LogP contribution >= 0.6 is 0 Å². The molecule has 4 heteroatoms. The number of nitrogens with zero attached hydrogens (tertiary/aromatic N) is 1. The van der Waals surface area contributed by atoms with E-state index in [1.807, 2.05) is 0 Å². The van der Waals surface area contributed by atoms with Crippen molar-refractivity contribution in [1.82, 2.24) is 4.90 Å². The number of carboxylic acid groups (broad SMARTS) is 1. The topological polar surface area (TPSA) is 49.8 Å². The van der Waals surface area contributed by atoms with Crippen molar-refractivity contribution < 1.29 is 14.6 Å². The van der Waals surface area contributed by atoms with Crippen molar-refractivity contribution >= 4 is 5.97 Å². The monoisotopic (exact) mass is 297 g/mol. The molecule has 0 spiro atoms. The Bertz CT molecular complexity index is 345. The molecule has 0 aromatic rings. The van der Waals surface area contributed by atoms with Gasteiger partial charge in [-0.1, -0.05) is 33.6 Å². The molecular formula is C17H31NO3. The van der Waals surface area contributed by atoms with E-state index >= 15 is 0 Å². The van der Waals surface area contributed by atoms with E-state index in [2.05, 4.69) is 25.7 Å². The van der Waals surface area contributed by atoms with Crippen molar-refractivity contribution in [3.05, 3.63) is 0 Å². The van der Waals surface area contributed by atoms with Gasteiger partial charge in [0, 0.05) is 12.1 Å². The van der Waals surface area contributed by atoms with Crippen molar-refractivity contribution in [2.75, 3.05) is 19.8 Å². The lowest BCUT2D eigenvalue weighted by atomic mass is 9.78. The van der Waals surface area contributed by atoms with Crippen LogP contribution in [0.2, 0.25) is 0 Å². The fourth-order valence-electron chi connectivity index (χ4n) is 4.09. The van der Waals surface area contributed by atoms with Crippen molar-refractivity contribution in [2.45, 2.75) is 65.0 Å². The lowest BCUT2D eigenvalue weighted by Gasteiger charge is -2.42. The fraction of sp³-hybridized carbons (Fsp3) is 0.941. The van der Waals surface area contributed by atoms with Crippen LogP contribution in [0, 0.1) is 17.8 Å². The molecule has 2 aliphatic rings. The molecule has 1 saturated heterocycles. The Balaban J connectivity index is 2.08. The van der Waals surface area contributed by atoms with Crippen LogP contribution in [0.25, 0.3) is 0 Å². The van der Waals surface area contributed by atoms with Crippen molar-refractivity contribution in [1.29, 1.82) is 0 Å². The largest absolute Gasteiger partial charge is 0.481 e. The van der Waals surface area contributed by atoms with E-state index in [0.29, 0.717) is 19.3 Å². The first-order chi connectivity index (χ1) is 10.0. The molecule has 21 heavy (non-hydrogen) atoms. The smallest absolute Gasteiger partial charge is 0.310 e. The van der Waals surface area contributed by atoms with Crippen molar-refractivity contribution in [3.63, 3.8) is 0 Å². The molecule has 0 aromatic carbocycles. The van der Waals surface area contributed by atoms with Gasteiger partial charge in [-0.15, -0.1) is 0 Å². The summed E-state index contributed by atoms with van der Waals surface area (Å²) in [6.45, 7) is 8.76. The van der Waals surface area contributed by atoms with Crippen LogP contribution in [0.5, 0.6) is 0 Å². The van der Waals surface area contributed by atoms with Crippen LogP contribution in [-0.4, -0.2) is 47.8 Å². The summed E-state index contributed by atoms with van der Waals surface area (Å²) in [5.41, 5.74) is 0. The summed E-state index contributed by atoms with van der Waals surface area (Å²) >= 11 is 0. The molecule has 1 aliphatic heterocycles. The number of hydrogen-bond acceptors (Lipinski definition) is 3. The van der Waals surface area contributed by atoms with E-state index in [0.717, 1.165) is 24.8 Å². The average molecular weight is 297 g/mol. The minimum absolute atomic E-state index is 0.0679. The third kappa shape index (κ3) is 3.98. The van der Waals surface area contributed by atoms with Gasteiger partial charge in [-0.2, -0.15) is 0 Å². The summed E-state index contributed by atoms with van der Waals surface area (Å²) < 4.78 is 5.50. The second kappa shape index (κ2) is 7.59. The van der Waals surface area contributed by atoms with Crippen LogP contribution < -0.4 is 0 Å². The zero-order valence-electron chi connectivity index (χ0n) is 13.8. The predicted octanol–water partition coefficient (Wildman–Crippen LogP) is 3.01. The van der Waals surface area contributed by atoms with Gasteiger partial charge in [-0.05, 0) is 37.6 Å².